The van der Waals surface area contributed by atoms with Crippen LogP contribution in [-0.4, -0.2) is 37.0 Å². The molecule has 0 unspecified atom stereocenters. The number of hydrogen-bond acceptors (Lipinski definition) is 6. The maximum Gasteiger partial charge on any atom is 0.248 e. The number of benzene rings is 2. The largest absolute Gasteiger partial charge is 0.454 e. The first-order valence-electron chi connectivity index (χ1n) is 11.4. The molecule has 1 fully saturated rings. The summed E-state index contributed by atoms with van der Waals surface area (Å²) in [6, 6.07) is 15.2. The molecule has 2 aromatic carbocycles. The minimum absolute atomic E-state index is 0.191. The first-order chi connectivity index (χ1) is 17.0. The predicted octanol–water partition coefficient (Wildman–Crippen LogP) is 4.38. The molecule has 1 saturated heterocycles. The number of pyridine rings is 1. The van der Waals surface area contributed by atoms with Crippen LogP contribution in [0.2, 0.25) is 0 Å². The molecule has 0 aliphatic carbocycles. The summed E-state index contributed by atoms with van der Waals surface area (Å²) in [7, 11) is -3.70. The molecule has 180 valence electrons. The highest BCUT2D eigenvalue weighted by Crippen LogP contribution is 2.35. The van der Waals surface area contributed by atoms with Gasteiger partial charge in [0, 0.05) is 30.7 Å². The Balaban J connectivity index is 1.26. The second-order valence-corrected chi connectivity index (χ2v) is 10.3. The van der Waals surface area contributed by atoms with Crippen molar-refractivity contribution in [2.45, 2.75) is 30.2 Å². The van der Waals surface area contributed by atoms with E-state index in [2.05, 4.69) is 10.3 Å². The van der Waals surface area contributed by atoms with Crippen molar-refractivity contribution in [2.75, 3.05) is 18.7 Å². The molecule has 5 rings (SSSR count). The highest BCUT2D eigenvalue weighted by atomic mass is 32.2. The zero-order valence-corrected chi connectivity index (χ0v) is 19.8. The van der Waals surface area contributed by atoms with Gasteiger partial charge >= 0.3 is 0 Å². The molecule has 1 N–H and O–H groups in total. The van der Waals surface area contributed by atoms with Crippen LogP contribution in [0, 0.1) is 0 Å². The first-order valence-corrected chi connectivity index (χ1v) is 12.9. The lowest BCUT2D eigenvalue weighted by atomic mass is 9.99. The molecule has 3 aromatic rings. The van der Waals surface area contributed by atoms with Gasteiger partial charge < -0.3 is 14.8 Å². The van der Waals surface area contributed by atoms with Gasteiger partial charge in [-0.2, -0.15) is 4.31 Å². The van der Waals surface area contributed by atoms with Crippen LogP contribution >= 0.6 is 0 Å². The number of fused-ring (bicyclic) bond motifs is 1. The Labute approximate surface area is 204 Å². The standard InChI is InChI=1S/C26H25N3O5S/c30-26(13-7-19-6-12-24-25(16-19)34-18-33-24)28-21-8-10-22(11-9-21)35(31,32)29-15-2-1-5-23(29)20-4-3-14-27-17-20/h3-4,6-14,16-17,23H,1-2,5,15,18H2,(H,28,30)/b13-7+/t23-/m0/s1. The number of hydrogen-bond donors (Lipinski definition) is 1. The molecular weight excluding hydrogens is 466 g/mol. The smallest absolute Gasteiger partial charge is 0.248 e. The Morgan fingerprint density at radius 2 is 1.89 bits per heavy atom. The lowest BCUT2D eigenvalue weighted by Crippen LogP contribution is -2.38. The van der Waals surface area contributed by atoms with Crippen LogP contribution in [0.3, 0.4) is 0 Å². The third-order valence-corrected chi connectivity index (χ3v) is 8.00. The summed E-state index contributed by atoms with van der Waals surface area (Å²) in [4.78, 5) is 16.7. The van der Waals surface area contributed by atoms with Gasteiger partial charge in [-0.3, -0.25) is 9.78 Å². The van der Waals surface area contributed by atoms with Gasteiger partial charge in [0.2, 0.25) is 22.7 Å². The summed E-state index contributed by atoms with van der Waals surface area (Å²) in [6.45, 7) is 0.654. The Bertz CT molecular complexity index is 1340. The van der Waals surface area contributed by atoms with E-state index in [-0.39, 0.29) is 23.6 Å². The van der Waals surface area contributed by atoms with Gasteiger partial charge in [0.15, 0.2) is 11.5 Å². The van der Waals surface area contributed by atoms with Crippen LogP contribution in [0.1, 0.15) is 36.4 Å². The number of ether oxygens (including phenoxy) is 2. The molecule has 0 saturated carbocycles. The topological polar surface area (TPSA) is 97.8 Å². The van der Waals surface area contributed by atoms with Gasteiger partial charge in [-0.15, -0.1) is 0 Å². The Kier molecular flexibility index (Phi) is 6.52. The van der Waals surface area contributed by atoms with Gasteiger partial charge in [0.25, 0.3) is 0 Å². The summed E-state index contributed by atoms with van der Waals surface area (Å²) in [5.41, 5.74) is 2.20. The number of carbonyl (C=O) groups is 1. The van der Waals surface area contributed by atoms with E-state index in [0.717, 1.165) is 30.4 Å². The summed E-state index contributed by atoms with van der Waals surface area (Å²) in [5.74, 6) is 0.993. The second kappa shape index (κ2) is 9.89. The van der Waals surface area contributed by atoms with Crippen molar-refractivity contribution in [1.82, 2.24) is 9.29 Å². The van der Waals surface area contributed by atoms with Crippen molar-refractivity contribution in [2.24, 2.45) is 0 Å². The maximum atomic E-state index is 13.4. The van der Waals surface area contributed by atoms with E-state index in [1.165, 1.54) is 18.2 Å². The monoisotopic (exact) mass is 491 g/mol. The number of carbonyl (C=O) groups excluding carboxylic acids is 1. The van der Waals surface area contributed by atoms with Crippen molar-refractivity contribution < 1.29 is 22.7 Å². The molecule has 0 bridgehead atoms. The fourth-order valence-electron chi connectivity index (χ4n) is 4.32. The van der Waals surface area contributed by atoms with Crippen LogP contribution in [0.5, 0.6) is 11.5 Å². The number of piperidine rings is 1. The van der Waals surface area contributed by atoms with Crippen LogP contribution in [-0.2, 0) is 14.8 Å². The van der Waals surface area contributed by atoms with E-state index in [9.17, 15) is 13.2 Å². The zero-order valence-electron chi connectivity index (χ0n) is 19.0. The van der Waals surface area contributed by atoms with Crippen LogP contribution in [0.4, 0.5) is 5.69 Å². The summed E-state index contributed by atoms with van der Waals surface area (Å²) in [6.07, 6.45) is 9.04. The third kappa shape index (κ3) is 5.06. The molecule has 1 aromatic heterocycles. The average molecular weight is 492 g/mol. The number of amides is 1. The van der Waals surface area contributed by atoms with E-state index >= 15 is 0 Å². The Hall–Kier alpha value is -3.69. The maximum absolute atomic E-state index is 13.4. The molecule has 35 heavy (non-hydrogen) atoms. The number of sulfonamides is 1. The van der Waals surface area contributed by atoms with Gasteiger partial charge in [0.1, 0.15) is 0 Å². The second-order valence-electron chi connectivity index (χ2n) is 8.37. The molecule has 1 amide bonds. The van der Waals surface area contributed by atoms with Crippen molar-refractivity contribution in [3.63, 3.8) is 0 Å². The number of anilines is 1. The fourth-order valence-corrected chi connectivity index (χ4v) is 6.00. The minimum Gasteiger partial charge on any atom is -0.454 e. The van der Waals surface area contributed by atoms with Crippen molar-refractivity contribution in [1.29, 1.82) is 0 Å². The molecular formula is C26H25N3O5S. The fraction of sp³-hybridized carbons (Fsp3) is 0.231. The SMILES string of the molecule is O=C(/C=C/c1ccc2c(c1)OCO2)Nc1ccc(S(=O)(=O)N2CCCC[C@H]2c2cccnc2)cc1. The van der Waals surface area contributed by atoms with Crippen LogP contribution in [0.15, 0.2) is 78.0 Å². The van der Waals surface area contributed by atoms with Crippen molar-refractivity contribution >= 4 is 27.7 Å². The van der Waals surface area contributed by atoms with Crippen molar-refractivity contribution in [3.8, 4) is 11.5 Å². The quantitative estimate of drug-likeness (QED) is 0.514. The molecule has 8 nitrogen and oxygen atoms in total. The normalized spacial score (nSPS) is 18.0. The molecule has 9 heteroatoms. The number of nitrogens with one attached hydrogen (secondary N) is 1. The Morgan fingerprint density at radius 3 is 2.69 bits per heavy atom. The average Bonchev–Trinajstić information content (AvgIpc) is 3.36. The molecule has 0 spiro atoms. The van der Waals surface area contributed by atoms with Crippen LogP contribution in [0.25, 0.3) is 6.08 Å². The highest BCUT2D eigenvalue weighted by Gasteiger charge is 2.34. The minimum atomic E-state index is -3.70. The van der Waals surface area contributed by atoms with Gasteiger partial charge in [-0.05, 0) is 72.5 Å². The van der Waals surface area contributed by atoms with Gasteiger partial charge in [-0.1, -0.05) is 18.6 Å². The molecule has 1 atom stereocenters. The Morgan fingerprint density at radius 1 is 1.06 bits per heavy atom. The summed E-state index contributed by atoms with van der Waals surface area (Å²) < 4.78 is 39.1. The van der Waals surface area contributed by atoms with E-state index in [0.29, 0.717) is 23.7 Å². The summed E-state index contributed by atoms with van der Waals surface area (Å²) >= 11 is 0. The summed E-state index contributed by atoms with van der Waals surface area (Å²) in [5, 5.41) is 2.76. The number of rotatable bonds is 6. The molecule has 2 aliphatic rings. The predicted molar refractivity (Wildman–Crippen MR) is 131 cm³/mol. The highest BCUT2D eigenvalue weighted by molar-refractivity contribution is 7.89. The lowest BCUT2D eigenvalue weighted by molar-refractivity contribution is -0.111. The van der Waals surface area contributed by atoms with E-state index in [1.54, 1.807) is 47.0 Å². The third-order valence-electron chi connectivity index (χ3n) is 6.08. The van der Waals surface area contributed by atoms with E-state index in [4.69, 9.17) is 9.47 Å². The van der Waals surface area contributed by atoms with Gasteiger partial charge in [-0.25, -0.2) is 8.42 Å². The van der Waals surface area contributed by atoms with E-state index in [1.807, 2.05) is 18.2 Å². The number of aromatic nitrogens is 1. The lowest BCUT2D eigenvalue weighted by Gasteiger charge is -2.34. The van der Waals surface area contributed by atoms with Gasteiger partial charge in [0.05, 0.1) is 10.9 Å². The molecule has 2 aliphatic heterocycles. The first kappa shape index (κ1) is 23.1. The van der Waals surface area contributed by atoms with Crippen molar-refractivity contribution in [3.05, 3.63) is 84.2 Å². The zero-order chi connectivity index (χ0) is 24.3. The molecule has 0 radical (unpaired) electrons. The van der Waals surface area contributed by atoms with E-state index < -0.39 is 10.0 Å². The van der Waals surface area contributed by atoms with Crippen LogP contribution < -0.4 is 14.8 Å². The number of nitrogens with zero attached hydrogens (tertiary/aromatic N) is 2. The molecule has 3 heterocycles.